The molecule has 6 heteroatoms. The molecule has 1 fully saturated rings. The molecule has 29 heavy (non-hydrogen) atoms. The normalized spacial score (nSPS) is 16.3. The quantitative estimate of drug-likeness (QED) is 0.683. The molecule has 1 unspecified atom stereocenters. The van der Waals surface area contributed by atoms with Gasteiger partial charge in [-0.2, -0.15) is 0 Å². The van der Waals surface area contributed by atoms with Gasteiger partial charge in [-0.3, -0.25) is 4.79 Å². The van der Waals surface area contributed by atoms with Crippen LogP contribution in [0, 0.1) is 0 Å². The second-order valence-electron chi connectivity index (χ2n) is 7.80. The van der Waals surface area contributed by atoms with Crippen molar-refractivity contribution in [2.45, 2.75) is 68.8 Å². The lowest BCUT2D eigenvalue weighted by Crippen LogP contribution is -2.36. The molecule has 0 radical (unpaired) electrons. The first-order chi connectivity index (χ1) is 13.9. The van der Waals surface area contributed by atoms with E-state index in [0.29, 0.717) is 18.9 Å². The lowest BCUT2D eigenvalue weighted by atomic mass is 9.95. The monoisotopic (exact) mass is 414 g/mol. The summed E-state index contributed by atoms with van der Waals surface area (Å²) in [6.07, 6.45) is 6.83. The highest BCUT2D eigenvalue weighted by Gasteiger charge is 2.19. The Morgan fingerprint density at radius 3 is 2.31 bits per heavy atom. The summed E-state index contributed by atoms with van der Waals surface area (Å²) in [5.41, 5.74) is 1.87. The van der Waals surface area contributed by atoms with Crippen LogP contribution in [0.5, 0.6) is 0 Å². The maximum atomic E-state index is 12.6. The fourth-order valence-electron chi connectivity index (χ4n) is 3.75. The highest BCUT2D eigenvalue weighted by atomic mass is 32.2. The molecule has 0 spiro atoms. The zero-order valence-corrected chi connectivity index (χ0v) is 17.8. The predicted octanol–water partition coefficient (Wildman–Crippen LogP) is 4.11. The summed E-state index contributed by atoms with van der Waals surface area (Å²) in [5, 5.41) is 3.12. The molecule has 156 valence electrons. The third kappa shape index (κ3) is 6.41. The maximum Gasteiger partial charge on any atom is 0.241 e. The van der Waals surface area contributed by atoms with Crippen molar-refractivity contribution in [2.75, 3.05) is 0 Å². The molecule has 2 N–H and O–H groups in total. The number of sulfonamides is 1. The first-order valence-corrected chi connectivity index (χ1v) is 11.9. The van der Waals surface area contributed by atoms with E-state index in [1.54, 1.807) is 24.3 Å². The molecule has 1 saturated carbocycles. The van der Waals surface area contributed by atoms with Gasteiger partial charge in [-0.1, -0.05) is 61.7 Å². The largest absolute Gasteiger partial charge is 0.353 e. The van der Waals surface area contributed by atoms with E-state index < -0.39 is 10.0 Å². The first kappa shape index (κ1) is 21.5. The Labute approximate surface area is 174 Å². The smallest absolute Gasteiger partial charge is 0.241 e. The van der Waals surface area contributed by atoms with Gasteiger partial charge in [0.2, 0.25) is 15.9 Å². The van der Waals surface area contributed by atoms with E-state index >= 15 is 0 Å². The number of rotatable bonds is 8. The van der Waals surface area contributed by atoms with Gasteiger partial charge < -0.3 is 5.32 Å². The van der Waals surface area contributed by atoms with E-state index in [2.05, 4.69) is 10.0 Å². The topological polar surface area (TPSA) is 75.3 Å². The van der Waals surface area contributed by atoms with E-state index in [4.69, 9.17) is 0 Å². The number of carbonyl (C=O) groups excluding carboxylic acids is 1. The molecule has 0 aromatic heterocycles. The zero-order chi connectivity index (χ0) is 20.7. The molecule has 1 amide bonds. The summed E-state index contributed by atoms with van der Waals surface area (Å²) in [4.78, 5) is 12.4. The van der Waals surface area contributed by atoms with Gasteiger partial charge in [-0.15, -0.1) is 0 Å². The van der Waals surface area contributed by atoms with Crippen molar-refractivity contribution in [1.29, 1.82) is 0 Å². The van der Waals surface area contributed by atoms with Gasteiger partial charge in [0, 0.05) is 18.5 Å². The Hall–Kier alpha value is -2.18. The van der Waals surface area contributed by atoms with Crippen molar-refractivity contribution < 1.29 is 13.2 Å². The van der Waals surface area contributed by atoms with Crippen LogP contribution in [-0.4, -0.2) is 20.4 Å². The van der Waals surface area contributed by atoms with Crippen LogP contribution in [0.15, 0.2) is 59.5 Å². The summed E-state index contributed by atoms with van der Waals surface area (Å²) in [6, 6.07) is 16.3. The highest BCUT2D eigenvalue weighted by Crippen LogP contribution is 2.19. The van der Waals surface area contributed by atoms with Gasteiger partial charge in [0.05, 0.1) is 4.90 Å². The van der Waals surface area contributed by atoms with E-state index in [9.17, 15) is 13.2 Å². The summed E-state index contributed by atoms with van der Waals surface area (Å²) in [6.45, 7) is 1.83. The number of carbonyl (C=O) groups is 1. The number of nitrogens with one attached hydrogen (secondary N) is 2. The van der Waals surface area contributed by atoms with Crippen molar-refractivity contribution in [3.8, 4) is 0 Å². The van der Waals surface area contributed by atoms with Crippen molar-refractivity contribution in [1.82, 2.24) is 10.0 Å². The van der Waals surface area contributed by atoms with Crippen LogP contribution in [0.25, 0.3) is 0 Å². The molecule has 5 nitrogen and oxygen atoms in total. The average molecular weight is 415 g/mol. The Balaban J connectivity index is 1.52. The lowest BCUT2D eigenvalue weighted by Gasteiger charge is -2.22. The van der Waals surface area contributed by atoms with Gasteiger partial charge in [-0.25, -0.2) is 13.1 Å². The standard InChI is InChI=1S/C23H30N2O3S/c1-18(20-8-4-2-5-9-20)25-29(27,28)22-15-12-19(13-16-22)14-17-23(26)24-21-10-6-3-7-11-21/h2,4-5,8-9,12-13,15-16,18,21,25H,3,6-7,10-11,14,17H2,1H3,(H,24,26). The SMILES string of the molecule is CC(NS(=O)(=O)c1ccc(CCC(=O)NC2CCCCC2)cc1)c1ccccc1. The molecular weight excluding hydrogens is 384 g/mol. The maximum absolute atomic E-state index is 12.6. The zero-order valence-electron chi connectivity index (χ0n) is 16.9. The van der Waals surface area contributed by atoms with Crippen LogP contribution in [0.2, 0.25) is 0 Å². The Bertz CT molecular complexity index is 889. The van der Waals surface area contributed by atoms with E-state index in [-0.39, 0.29) is 16.8 Å². The molecular formula is C23H30N2O3S. The predicted molar refractivity (Wildman–Crippen MR) is 115 cm³/mol. The minimum absolute atomic E-state index is 0.0759. The minimum Gasteiger partial charge on any atom is -0.353 e. The van der Waals surface area contributed by atoms with Gasteiger partial charge in [0.15, 0.2) is 0 Å². The fourth-order valence-corrected chi connectivity index (χ4v) is 4.98. The van der Waals surface area contributed by atoms with Crippen molar-refractivity contribution in [3.63, 3.8) is 0 Å². The van der Waals surface area contributed by atoms with Gasteiger partial charge >= 0.3 is 0 Å². The number of aryl methyl sites for hydroxylation is 1. The summed E-state index contributed by atoms with van der Waals surface area (Å²) < 4.78 is 28.0. The molecule has 3 rings (SSSR count). The summed E-state index contributed by atoms with van der Waals surface area (Å²) >= 11 is 0. The van der Waals surface area contributed by atoms with Gasteiger partial charge in [0.1, 0.15) is 0 Å². The fraction of sp³-hybridized carbons (Fsp3) is 0.435. The van der Waals surface area contributed by atoms with Crippen LogP contribution in [-0.2, 0) is 21.2 Å². The number of hydrogen-bond donors (Lipinski definition) is 2. The molecule has 0 saturated heterocycles. The lowest BCUT2D eigenvalue weighted by molar-refractivity contribution is -0.121. The van der Waals surface area contributed by atoms with Crippen LogP contribution in [0.1, 0.15) is 62.6 Å². The minimum atomic E-state index is -3.60. The summed E-state index contributed by atoms with van der Waals surface area (Å²) in [5.74, 6) is 0.0759. The Morgan fingerprint density at radius 1 is 1.00 bits per heavy atom. The van der Waals surface area contributed by atoms with E-state index in [1.165, 1.54) is 19.3 Å². The van der Waals surface area contributed by atoms with Crippen molar-refractivity contribution in [3.05, 3.63) is 65.7 Å². The number of benzene rings is 2. The number of amides is 1. The second kappa shape index (κ2) is 10.0. The third-order valence-corrected chi connectivity index (χ3v) is 7.03. The van der Waals surface area contributed by atoms with Gasteiger partial charge in [-0.05, 0) is 49.4 Å². The Kier molecular flexibility index (Phi) is 7.45. The molecule has 0 aliphatic heterocycles. The first-order valence-electron chi connectivity index (χ1n) is 10.4. The average Bonchev–Trinajstić information content (AvgIpc) is 2.73. The van der Waals surface area contributed by atoms with Crippen LogP contribution < -0.4 is 10.0 Å². The van der Waals surface area contributed by atoms with Gasteiger partial charge in [0.25, 0.3) is 0 Å². The van der Waals surface area contributed by atoms with Crippen molar-refractivity contribution >= 4 is 15.9 Å². The molecule has 0 heterocycles. The second-order valence-corrected chi connectivity index (χ2v) is 9.51. The van der Waals surface area contributed by atoms with Crippen LogP contribution in [0.4, 0.5) is 0 Å². The van der Waals surface area contributed by atoms with Crippen LogP contribution in [0.3, 0.4) is 0 Å². The Morgan fingerprint density at radius 2 is 1.66 bits per heavy atom. The van der Waals surface area contributed by atoms with Crippen LogP contribution >= 0.6 is 0 Å². The molecule has 2 aromatic rings. The van der Waals surface area contributed by atoms with E-state index in [0.717, 1.165) is 24.0 Å². The molecule has 1 aliphatic rings. The third-order valence-electron chi connectivity index (χ3n) is 5.48. The number of hydrogen-bond acceptors (Lipinski definition) is 3. The molecule has 1 aliphatic carbocycles. The molecule has 1 atom stereocenters. The van der Waals surface area contributed by atoms with E-state index in [1.807, 2.05) is 37.3 Å². The molecule has 2 aromatic carbocycles. The molecule has 0 bridgehead atoms. The summed E-state index contributed by atoms with van der Waals surface area (Å²) in [7, 11) is -3.60. The van der Waals surface area contributed by atoms with Crippen molar-refractivity contribution in [2.24, 2.45) is 0 Å². The highest BCUT2D eigenvalue weighted by molar-refractivity contribution is 7.89.